The predicted octanol–water partition coefficient (Wildman–Crippen LogP) is 11.5. The van der Waals surface area contributed by atoms with Crippen LogP contribution < -0.4 is 0 Å². The lowest BCUT2D eigenvalue weighted by atomic mass is 9.95. The smallest absolute Gasteiger partial charge is 0.187 e. The minimum absolute atomic E-state index is 0.0562. The van der Waals surface area contributed by atoms with Gasteiger partial charge in [-0.3, -0.25) is 0 Å². The number of azide groups is 1. The van der Waals surface area contributed by atoms with E-state index in [9.17, 15) is 5.53 Å². The highest BCUT2D eigenvalue weighted by Gasteiger charge is 2.54. The number of ether oxygens (including phenoxy) is 10. The fourth-order valence-electron chi connectivity index (χ4n) is 9.10. The molecular formula is C61H63N3O10. The van der Waals surface area contributed by atoms with E-state index in [-0.39, 0.29) is 46.2 Å². The molecule has 9 rings (SSSR count). The van der Waals surface area contributed by atoms with Crippen molar-refractivity contribution in [2.75, 3.05) is 13.2 Å². The molecule has 7 aromatic rings. The minimum atomic E-state index is -1.25. The van der Waals surface area contributed by atoms with Crippen molar-refractivity contribution in [2.45, 2.75) is 108 Å². The quantitative estimate of drug-likeness (QED) is 0.0292. The minimum Gasteiger partial charge on any atom is -0.374 e. The number of benzene rings is 7. The van der Waals surface area contributed by atoms with Gasteiger partial charge in [0.25, 0.3) is 0 Å². The van der Waals surface area contributed by atoms with Crippen LogP contribution in [0.4, 0.5) is 0 Å². The number of nitrogens with zero attached hydrogens (tertiary/aromatic N) is 3. The molecular weight excluding hydrogens is 935 g/mol. The summed E-state index contributed by atoms with van der Waals surface area (Å²) in [6.45, 7) is 1.78. The molecule has 10 atom stereocenters. The van der Waals surface area contributed by atoms with Gasteiger partial charge < -0.3 is 47.4 Å². The molecule has 0 bridgehead atoms. The molecule has 74 heavy (non-hydrogen) atoms. The zero-order chi connectivity index (χ0) is 50.4. The Hall–Kier alpha value is -6.55. The van der Waals surface area contributed by atoms with Gasteiger partial charge in [-0.2, -0.15) is 0 Å². The summed E-state index contributed by atoms with van der Waals surface area (Å²) in [6.07, 6.45) is -8.24. The summed E-state index contributed by atoms with van der Waals surface area (Å²) in [4.78, 5) is 3.39. The Morgan fingerprint density at radius 1 is 0.338 bits per heavy atom. The second-order valence-corrected chi connectivity index (χ2v) is 18.2. The van der Waals surface area contributed by atoms with Gasteiger partial charge in [-0.1, -0.05) is 217 Å². The Bertz CT molecular complexity index is 2690. The van der Waals surface area contributed by atoms with Crippen molar-refractivity contribution in [1.29, 1.82) is 0 Å². The van der Waals surface area contributed by atoms with E-state index in [4.69, 9.17) is 47.4 Å². The Balaban J connectivity index is 1.10. The number of hydrogen-bond donors (Lipinski definition) is 0. The van der Waals surface area contributed by atoms with Crippen LogP contribution in [0.2, 0.25) is 0 Å². The standard InChI is InChI=1S/C61H63N3O10/c62-64-63-54-57(68-39-48-28-14-4-15-29-48)55(67-38-47-26-12-3-13-27-47)52(43-65-36-45-22-8-1-9-23-45)72-60(54)74-56-53(44-66-37-46-24-10-2-11-25-46)73-61(71-42-51-34-20-7-21-35-51)59(70-41-50-32-18-6-19-33-50)58(56)69-40-49-30-16-5-17-31-49/h1-35,52-61H,36-44H2/t52-,53-,54-,55-,56-,57-,58+,59-,60+,61-/m1/s1. The van der Waals surface area contributed by atoms with Crippen molar-refractivity contribution in [3.63, 3.8) is 0 Å². The summed E-state index contributed by atoms with van der Waals surface area (Å²) in [7, 11) is 0. The second-order valence-electron chi connectivity index (χ2n) is 18.2. The molecule has 0 unspecified atom stereocenters. The molecule has 0 spiro atoms. The first-order valence-electron chi connectivity index (χ1n) is 25.2. The molecule has 2 saturated heterocycles. The van der Waals surface area contributed by atoms with Gasteiger partial charge >= 0.3 is 0 Å². The van der Waals surface area contributed by atoms with Crippen molar-refractivity contribution in [1.82, 2.24) is 0 Å². The zero-order valence-corrected chi connectivity index (χ0v) is 41.3. The van der Waals surface area contributed by atoms with Crippen molar-refractivity contribution in [2.24, 2.45) is 5.11 Å². The number of hydrogen-bond acceptors (Lipinski definition) is 11. The summed E-state index contributed by atoms with van der Waals surface area (Å²) >= 11 is 0. The number of rotatable bonds is 26. The van der Waals surface area contributed by atoms with Crippen LogP contribution in [0.15, 0.2) is 217 Å². The molecule has 7 aromatic carbocycles. The molecule has 13 heteroatoms. The van der Waals surface area contributed by atoms with Crippen molar-refractivity contribution in [3.05, 3.63) is 262 Å². The molecule has 0 saturated carbocycles. The fourth-order valence-corrected chi connectivity index (χ4v) is 9.10. The molecule has 0 aliphatic carbocycles. The average molecular weight is 998 g/mol. The molecule has 0 N–H and O–H groups in total. The van der Waals surface area contributed by atoms with Gasteiger partial charge in [0.05, 0.1) is 59.5 Å². The van der Waals surface area contributed by atoms with Crippen molar-refractivity contribution in [3.8, 4) is 0 Å². The van der Waals surface area contributed by atoms with Crippen molar-refractivity contribution < 1.29 is 47.4 Å². The Labute approximate surface area is 433 Å². The maximum absolute atomic E-state index is 10.4. The zero-order valence-electron chi connectivity index (χ0n) is 41.3. The first-order valence-corrected chi connectivity index (χ1v) is 25.2. The summed E-state index contributed by atoms with van der Waals surface area (Å²) in [6, 6.07) is 68.2. The van der Waals surface area contributed by atoms with E-state index < -0.39 is 61.3 Å². The van der Waals surface area contributed by atoms with Gasteiger partial charge in [-0.05, 0) is 44.5 Å². The summed E-state index contributed by atoms with van der Waals surface area (Å²) < 4.78 is 68.8. The normalized spacial score (nSPS) is 23.7. The molecule has 382 valence electrons. The first kappa shape index (κ1) is 52.3. The Morgan fingerprint density at radius 2 is 0.649 bits per heavy atom. The molecule has 13 nitrogen and oxygen atoms in total. The maximum atomic E-state index is 10.4. The molecule has 2 fully saturated rings. The van der Waals surface area contributed by atoms with E-state index in [0.29, 0.717) is 13.2 Å². The Kier molecular flexibility index (Phi) is 19.9. The maximum Gasteiger partial charge on any atom is 0.187 e. The average Bonchev–Trinajstić information content (AvgIpc) is 3.46. The van der Waals surface area contributed by atoms with Crippen molar-refractivity contribution >= 4 is 0 Å². The second kappa shape index (κ2) is 28.2. The van der Waals surface area contributed by atoms with E-state index in [1.54, 1.807) is 0 Å². The SMILES string of the molecule is [N-]=[N+]=N[C@H]1[C@H](O[C@H]2[C@H](OCc3ccccc3)[C@@H](OCc3ccccc3)[C@H](OCc3ccccc3)O[C@@H]2COCc2ccccc2)O[C@H](COCc2ccccc2)[C@@H](OCc2ccccc2)[C@@H]1OCc1ccccc1. The largest absolute Gasteiger partial charge is 0.374 e. The van der Waals surface area contributed by atoms with E-state index in [1.165, 1.54) is 0 Å². The third kappa shape index (κ3) is 15.3. The lowest BCUT2D eigenvalue weighted by Crippen LogP contribution is -2.65. The Morgan fingerprint density at radius 3 is 1.04 bits per heavy atom. The molecule has 0 amide bonds. The molecule has 2 heterocycles. The van der Waals surface area contributed by atoms with Crippen LogP contribution >= 0.6 is 0 Å². The highest BCUT2D eigenvalue weighted by molar-refractivity contribution is 5.19. The third-order valence-corrected chi connectivity index (χ3v) is 12.9. The van der Waals surface area contributed by atoms with Gasteiger partial charge in [0.1, 0.15) is 48.8 Å². The fraction of sp³-hybridized carbons (Fsp3) is 0.311. The van der Waals surface area contributed by atoms with Crippen LogP contribution in [0.25, 0.3) is 10.4 Å². The van der Waals surface area contributed by atoms with E-state index in [2.05, 4.69) is 10.0 Å². The predicted molar refractivity (Wildman–Crippen MR) is 279 cm³/mol. The lowest BCUT2D eigenvalue weighted by molar-refractivity contribution is -0.362. The highest BCUT2D eigenvalue weighted by atomic mass is 16.8. The summed E-state index contributed by atoms with van der Waals surface area (Å²) in [5, 5.41) is 4.43. The topological polar surface area (TPSA) is 141 Å². The molecule has 2 aliphatic rings. The van der Waals surface area contributed by atoms with Gasteiger partial charge in [0.15, 0.2) is 12.6 Å². The third-order valence-electron chi connectivity index (χ3n) is 12.9. The summed E-state index contributed by atoms with van der Waals surface area (Å²) in [5.74, 6) is 0. The van der Waals surface area contributed by atoms with Crippen LogP contribution in [0.5, 0.6) is 0 Å². The van der Waals surface area contributed by atoms with Crippen LogP contribution in [-0.4, -0.2) is 74.6 Å². The first-order chi connectivity index (χ1) is 36.7. The van der Waals surface area contributed by atoms with Gasteiger partial charge in [-0.25, -0.2) is 0 Å². The molecule has 2 aliphatic heterocycles. The van der Waals surface area contributed by atoms with Gasteiger partial charge in [-0.15, -0.1) is 0 Å². The van der Waals surface area contributed by atoms with Gasteiger partial charge in [0, 0.05) is 4.91 Å². The van der Waals surface area contributed by atoms with E-state index in [1.807, 2.05) is 212 Å². The van der Waals surface area contributed by atoms with Crippen LogP contribution in [0.3, 0.4) is 0 Å². The highest BCUT2D eigenvalue weighted by Crippen LogP contribution is 2.37. The van der Waals surface area contributed by atoms with Crippen LogP contribution in [0, 0.1) is 0 Å². The molecule has 0 aromatic heterocycles. The van der Waals surface area contributed by atoms with Crippen LogP contribution in [0.1, 0.15) is 38.9 Å². The monoisotopic (exact) mass is 997 g/mol. The summed E-state index contributed by atoms with van der Waals surface area (Å²) in [5.41, 5.74) is 17.1. The van der Waals surface area contributed by atoms with E-state index in [0.717, 1.165) is 38.9 Å². The lowest BCUT2D eigenvalue weighted by Gasteiger charge is -2.49. The van der Waals surface area contributed by atoms with E-state index >= 15 is 0 Å². The van der Waals surface area contributed by atoms with Gasteiger partial charge in [0.2, 0.25) is 0 Å². The van der Waals surface area contributed by atoms with Crippen LogP contribution in [-0.2, 0) is 93.6 Å². The molecule has 0 radical (unpaired) electrons.